The maximum atomic E-state index is 12.2. The molecule has 0 fully saturated rings. The smallest absolute Gasteiger partial charge is 0.319 e. The first-order valence-electron chi connectivity index (χ1n) is 8.51. The lowest BCUT2D eigenvalue weighted by Crippen LogP contribution is -2.28. The summed E-state index contributed by atoms with van der Waals surface area (Å²) in [6, 6.07) is 10.2. The number of anilines is 1. The van der Waals surface area contributed by atoms with Crippen molar-refractivity contribution >= 4 is 23.3 Å². The van der Waals surface area contributed by atoms with Crippen molar-refractivity contribution < 1.29 is 18.7 Å². The molecule has 3 aromatic rings. The number of carbonyl (C=O) groups excluding carboxylic acids is 1. The topological polar surface area (TPSA) is 98.5 Å². The highest BCUT2D eigenvalue weighted by Gasteiger charge is 2.12. The fourth-order valence-corrected chi connectivity index (χ4v) is 2.83. The number of carbonyl (C=O) groups is 1. The minimum atomic E-state index is -0.369. The number of urea groups is 1. The van der Waals surface area contributed by atoms with Crippen LogP contribution < -0.4 is 20.1 Å². The van der Waals surface area contributed by atoms with Crippen LogP contribution in [0.25, 0.3) is 11.5 Å². The summed E-state index contributed by atoms with van der Waals surface area (Å²) in [6.07, 6.45) is 1.25. The molecule has 0 aliphatic rings. The zero-order chi connectivity index (χ0) is 19.9. The average molecular weight is 403 g/mol. The van der Waals surface area contributed by atoms with Gasteiger partial charge in [0.25, 0.3) is 0 Å². The second-order valence-corrected chi connectivity index (χ2v) is 6.08. The molecule has 3 rings (SSSR count). The van der Waals surface area contributed by atoms with Crippen LogP contribution in [0.3, 0.4) is 0 Å². The number of benzene rings is 2. The number of rotatable bonds is 7. The number of methoxy groups -OCH3 is 1. The van der Waals surface area contributed by atoms with Gasteiger partial charge in [0.2, 0.25) is 12.3 Å². The fraction of sp³-hybridized carbons (Fsp3) is 0.211. The van der Waals surface area contributed by atoms with Gasteiger partial charge in [0.1, 0.15) is 0 Å². The monoisotopic (exact) mass is 402 g/mol. The Morgan fingerprint density at radius 1 is 1.29 bits per heavy atom. The third-order valence-corrected chi connectivity index (χ3v) is 4.04. The van der Waals surface area contributed by atoms with E-state index in [9.17, 15) is 4.79 Å². The molecular weight excluding hydrogens is 384 g/mol. The van der Waals surface area contributed by atoms with Gasteiger partial charge in [-0.3, -0.25) is 0 Å². The van der Waals surface area contributed by atoms with Crippen LogP contribution in [0.1, 0.15) is 12.5 Å². The van der Waals surface area contributed by atoms with Crippen LogP contribution in [-0.2, 0) is 6.54 Å². The van der Waals surface area contributed by atoms with Gasteiger partial charge in [-0.05, 0) is 42.8 Å². The lowest BCUT2D eigenvalue weighted by molar-refractivity contribution is 0.251. The normalized spacial score (nSPS) is 10.4. The van der Waals surface area contributed by atoms with Crippen molar-refractivity contribution in [3.05, 3.63) is 53.4 Å². The lowest BCUT2D eigenvalue weighted by atomic mass is 10.2. The number of ether oxygens (including phenoxy) is 2. The molecule has 0 saturated heterocycles. The van der Waals surface area contributed by atoms with Crippen LogP contribution >= 0.6 is 11.6 Å². The summed E-state index contributed by atoms with van der Waals surface area (Å²) in [5, 5.41) is 13.5. The van der Waals surface area contributed by atoms with E-state index in [4.69, 9.17) is 25.5 Å². The minimum Gasteiger partial charge on any atom is -0.493 e. The Kier molecular flexibility index (Phi) is 6.33. The Hall–Kier alpha value is -3.26. The van der Waals surface area contributed by atoms with Crippen LogP contribution in [0.4, 0.5) is 10.5 Å². The summed E-state index contributed by atoms with van der Waals surface area (Å²) in [5.74, 6) is 1.37. The Labute approximate surface area is 166 Å². The van der Waals surface area contributed by atoms with Gasteiger partial charge in [0.15, 0.2) is 11.5 Å². The average Bonchev–Trinajstić information content (AvgIpc) is 3.23. The van der Waals surface area contributed by atoms with Crippen molar-refractivity contribution in [2.24, 2.45) is 0 Å². The first-order valence-corrected chi connectivity index (χ1v) is 8.89. The first-order chi connectivity index (χ1) is 13.6. The number of nitrogens with one attached hydrogen (secondary N) is 2. The minimum absolute atomic E-state index is 0.262. The van der Waals surface area contributed by atoms with E-state index in [1.165, 1.54) is 13.5 Å². The number of halogens is 1. The Morgan fingerprint density at radius 2 is 2.14 bits per heavy atom. The molecule has 28 heavy (non-hydrogen) atoms. The van der Waals surface area contributed by atoms with Gasteiger partial charge >= 0.3 is 6.03 Å². The first kappa shape index (κ1) is 19.5. The number of hydrogen-bond donors (Lipinski definition) is 2. The van der Waals surface area contributed by atoms with Crippen LogP contribution in [0.2, 0.25) is 5.02 Å². The molecule has 8 nitrogen and oxygen atoms in total. The largest absolute Gasteiger partial charge is 0.493 e. The summed E-state index contributed by atoms with van der Waals surface area (Å²) < 4.78 is 16.0. The van der Waals surface area contributed by atoms with Crippen LogP contribution in [0.5, 0.6) is 11.5 Å². The zero-order valence-electron chi connectivity index (χ0n) is 15.4. The fourth-order valence-electron chi connectivity index (χ4n) is 2.55. The predicted molar refractivity (Wildman–Crippen MR) is 105 cm³/mol. The molecule has 2 amide bonds. The molecule has 0 bridgehead atoms. The highest BCUT2D eigenvalue weighted by molar-refractivity contribution is 6.32. The van der Waals surface area contributed by atoms with Crippen LogP contribution in [0, 0.1) is 0 Å². The molecule has 1 aromatic heterocycles. The zero-order valence-corrected chi connectivity index (χ0v) is 16.1. The number of hydrogen-bond acceptors (Lipinski definition) is 6. The van der Waals surface area contributed by atoms with Crippen molar-refractivity contribution in [2.75, 3.05) is 19.0 Å². The molecule has 0 spiro atoms. The number of amides is 2. The molecule has 2 aromatic carbocycles. The molecule has 2 N–H and O–H groups in total. The molecule has 0 aliphatic heterocycles. The standard InChI is InChI=1S/C19H19ClN4O4/c1-3-27-17-15(20)7-12(8-16(17)26-2)10-21-19(25)23-14-6-4-5-13(9-14)18-24-22-11-28-18/h4-9,11H,3,10H2,1-2H3,(H2,21,23,25). The van der Waals surface area contributed by atoms with Gasteiger partial charge in [-0.25, -0.2) is 4.79 Å². The molecule has 0 atom stereocenters. The maximum Gasteiger partial charge on any atom is 0.319 e. The molecule has 9 heteroatoms. The lowest BCUT2D eigenvalue weighted by Gasteiger charge is -2.14. The third-order valence-electron chi connectivity index (χ3n) is 3.76. The van der Waals surface area contributed by atoms with E-state index in [0.29, 0.717) is 40.3 Å². The van der Waals surface area contributed by atoms with Gasteiger partial charge in [0.05, 0.1) is 18.7 Å². The van der Waals surface area contributed by atoms with Gasteiger partial charge in [-0.2, -0.15) is 0 Å². The van der Waals surface area contributed by atoms with E-state index in [2.05, 4.69) is 20.8 Å². The van der Waals surface area contributed by atoms with E-state index in [0.717, 1.165) is 5.56 Å². The quantitative estimate of drug-likeness (QED) is 0.616. The van der Waals surface area contributed by atoms with E-state index in [1.54, 1.807) is 30.3 Å². The third kappa shape index (κ3) is 4.72. The second kappa shape index (κ2) is 9.09. The molecule has 0 saturated carbocycles. The predicted octanol–water partition coefficient (Wildman–Crippen LogP) is 4.12. The van der Waals surface area contributed by atoms with Crippen molar-refractivity contribution in [3.8, 4) is 23.0 Å². The van der Waals surface area contributed by atoms with Gasteiger partial charge in [-0.1, -0.05) is 17.7 Å². The molecule has 1 heterocycles. The summed E-state index contributed by atoms with van der Waals surface area (Å²) in [6.45, 7) is 2.60. The highest BCUT2D eigenvalue weighted by Crippen LogP contribution is 2.36. The van der Waals surface area contributed by atoms with Crippen molar-refractivity contribution in [1.82, 2.24) is 15.5 Å². The number of aromatic nitrogens is 2. The van der Waals surface area contributed by atoms with Crippen molar-refractivity contribution in [1.29, 1.82) is 0 Å². The van der Waals surface area contributed by atoms with E-state index >= 15 is 0 Å². The second-order valence-electron chi connectivity index (χ2n) is 5.67. The highest BCUT2D eigenvalue weighted by atomic mass is 35.5. The van der Waals surface area contributed by atoms with Crippen LogP contribution in [-0.4, -0.2) is 29.9 Å². The Morgan fingerprint density at radius 3 is 2.86 bits per heavy atom. The summed E-state index contributed by atoms with van der Waals surface area (Å²) in [7, 11) is 1.54. The van der Waals surface area contributed by atoms with E-state index in [1.807, 2.05) is 13.0 Å². The molecular formula is C19H19ClN4O4. The van der Waals surface area contributed by atoms with E-state index in [-0.39, 0.29) is 12.6 Å². The maximum absolute atomic E-state index is 12.2. The van der Waals surface area contributed by atoms with Crippen LogP contribution in [0.15, 0.2) is 47.2 Å². The Bertz CT molecular complexity index is 947. The molecule has 146 valence electrons. The van der Waals surface area contributed by atoms with E-state index < -0.39 is 0 Å². The van der Waals surface area contributed by atoms with Gasteiger partial charge in [0, 0.05) is 17.8 Å². The SMILES string of the molecule is CCOc1c(Cl)cc(CNC(=O)Nc2cccc(-c3nnco3)c2)cc1OC. The summed E-state index contributed by atoms with van der Waals surface area (Å²) in [5.41, 5.74) is 2.08. The summed E-state index contributed by atoms with van der Waals surface area (Å²) >= 11 is 6.25. The molecule has 0 unspecified atom stereocenters. The molecule has 0 aliphatic carbocycles. The van der Waals surface area contributed by atoms with Crippen molar-refractivity contribution in [3.63, 3.8) is 0 Å². The number of nitrogens with zero attached hydrogens (tertiary/aromatic N) is 2. The summed E-state index contributed by atoms with van der Waals surface area (Å²) in [4.78, 5) is 12.2. The van der Waals surface area contributed by atoms with Gasteiger partial charge in [-0.15, -0.1) is 10.2 Å². The van der Waals surface area contributed by atoms with Crippen molar-refractivity contribution in [2.45, 2.75) is 13.5 Å². The molecule has 0 radical (unpaired) electrons. The van der Waals surface area contributed by atoms with Gasteiger partial charge < -0.3 is 24.5 Å². The Balaban J connectivity index is 1.63.